The molecule has 0 aliphatic carbocycles. The Balaban J connectivity index is 1.52. The standard InChI is InChI=1S/C24H23F6N5O2S/c1-13(22-8-19(26)14(2)35(22)38(36,37)18-5-3-17(25)4-6-18)31-9-15-7-21(32-12-20(15)27)16-10-33-23(34-11-16)24(28,29)30/h3-7,10-14,19,22,31H,8-9H2,1-2H3/t13?,14-,19+,22-/m0/s1. The third-order valence-corrected chi connectivity index (χ3v) is 8.46. The molecule has 1 aliphatic heterocycles. The zero-order valence-electron chi connectivity index (χ0n) is 20.1. The maximum atomic E-state index is 14.7. The molecule has 14 heteroatoms. The molecule has 0 spiro atoms. The van der Waals surface area contributed by atoms with Crippen LogP contribution in [0.15, 0.2) is 53.8 Å². The Hall–Kier alpha value is -3.10. The minimum Gasteiger partial charge on any atom is -0.308 e. The van der Waals surface area contributed by atoms with Gasteiger partial charge in [0.15, 0.2) is 0 Å². The van der Waals surface area contributed by atoms with Crippen molar-refractivity contribution in [2.24, 2.45) is 0 Å². The second-order valence-electron chi connectivity index (χ2n) is 8.97. The van der Waals surface area contributed by atoms with Crippen LogP contribution in [0.3, 0.4) is 0 Å². The van der Waals surface area contributed by atoms with Crippen molar-refractivity contribution in [3.63, 3.8) is 0 Å². The lowest BCUT2D eigenvalue weighted by Crippen LogP contribution is -2.49. The van der Waals surface area contributed by atoms with E-state index in [4.69, 9.17) is 0 Å². The Labute approximate surface area is 215 Å². The van der Waals surface area contributed by atoms with Crippen LogP contribution in [-0.2, 0) is 22.7 Å². The zero-order valence-corrected chi connectivity index (χ0v) is 20.9. The fraction of sp³-hybridized carbons (Fsp3) is 0.375. The first-order chi connectivity index (χ1) is 17.8. The van der Waals surface area contributed by atoms with E-state index in [1.807, 2.05) is 0 Å². The summed E-state index contributed by atoms with van der Waals surface area (Å²) >= 11 is 0. The summed E-state index contributed by atoms with van der Waals surface area (Å²) in [6.45, 7) is 2.96. The van der Waals surface area contributed by atoms with Gasteiger partial charge in [-0.2, -0.15) is 17.5 Å². The molecule has 7 nitrogen and oxygen atoms in total. The highest BCUT2D eigenvalue weighted by atomic mass is 32.2. The summed E-state index contributed by atoms with van der Waals surface area (Å²) in [6, 6.07) is 3.08. The Kier molecular flexibility index (Phi) is 7.77. The minimum absolute atomic E-state index is 0.0949. The third kappa shape index (κ3) is 5.66. The van der Waals surface area contributed by atoms with Crippen molar-refractivity contribution in [1.29, 1.82) is 0 Å². The summed E-state index contributed by atoms with van der Waals surface area (Å²) in [5, 5.41) is 3.01. The van der Waals surface area contributed by atoms with Crippen LogP contribution in [0.2, 0.25) is 0 Å². The summed E-state index contributed by atoms with van der Waals surface area (Å²) in [7, 11) is -4.17. The molecule has 38 heavy (non-hydrogen) atoms. The van der Waals surface area contributed by atoms with Gasteiger partial charge in [0.25, 0.3) is 0 Å². The van der Waals surface area contributed by atoms with Crippen LogP contribution in [0.25, 0.3) is 11.3 Å². The van der Waals surface area contributed by atoms with Gasteiger partial charge in [0.05, 0.1) is 22.8 Å². The van der Waals surface area contributed by atoms with Crippen molar-refractivity contribution in [2.45, 2.75) is 62.2 Å². The van der Waals surface area contributed by atoms with E-state index in [9.17, 15) is 34.8 Å². The SMILES string of the molecule is CC(NCc1cc(-c2cnc(C(F)(F)F)nc2)ncc1F)[C@@H]1C[C@@H](F)[C@H](C)N1S(=O)(=O)c1ccc(F)cc1. The number of nitrogens with zero attached hydrogens (tertiary/aromatic N) is 4. The summed E-state index contributed by atoms with van der Waals surface area (Å²) < 4.78 is 108. The lowest BCUT2D eigenvalue weighted by molar-refractivity contribution is -0.144. The number of alkyl halides is 4. The minimum atomic E-state index is -4.71. The maximum Gasteiger partial charge on any atom is 0.451 e. The van der Waals surface area contributed by atoms with Gasteiger partial charge < -0.3 is 5.32 Å². The number of nitrogens with one attached hydrogen (secondary N) is 1. The van der Waals surface area contributed by atoms with Gasteiger partial charge in [-0.25, -0.2) is 31.6 Å². The van der Waals surface area contributed by atoms with Gasteiger partial charge in [0.2, 0.25) is 15.8 Å². The number of pyridine rings is 1. The molecule has 0 amide bonds. The quantitative estimate of drug-likeness (QED) is 0.429. The molecule has 2 aromatic heterocycles. The second kappa shape index (κ2) is 10.6. The highest BCUT2D eigenvalue weighted by Gasteiger charge is 2.48. The van der Waals surface area contributed by atoms with Gasteiger partial charge >= 0.3 is 6.18 Å². The predicted molar refractivity (Wildman–Crippen MR) is 125 cm³/mol. The van der Waals surface area contributed by atoms with E-state index in [2.05, 4.69) is 20.3 Å². The monoisotopic (exact) mass is 559 g/mol. The highest BCUT2D eigenvalue weighted by Crippen LogP contribution is 2.35. The summed E-state index contributed by atoms with van der Waals surface area (Å²) in [6.07, 6.45) is -3.53. The van der Waals surface area contributed by atoms with Gasteiger partial charge in [0, 0.05) is 42.1 Å². The van der Waals surface area contributed by atoms with Gasteiger partial charge in [0.1, 0.15) is 17.8 Å². The van der Waals surface area contributed by atoms with Crippen LogP contribution < -0.4 is 5.32 Å². The number of benzene rings is 1. The van der Waals surface area contributed by atoms with Crippen LogP contribution in [0, 0.1) is 11.6 Å². The fourth-order valence-corrected chi connectivity index (χ4v) is 6.25. The lowest BCUT2D eigenvalue weighted by Gasteiger charge is -2.31. The molecule has 4 rings (SSSR count). The molecule has 1 saturated heterocycles. The first kappa shape index (κ1) is 27.9. The number of aromatic nitrogens is 3. The summed E-state index contributed by atoms with van der Waals surface area (Å²) in [5.74, 6) is -2.65. The summed E-state index contributed by atoms with van der Waals surface area (Å²) in [4.78, 5) is 10.3. The third-order valence-electron chi connectivity index (χ3n) is 6.43. The van der Waals surface area contributed by atoms with Crippen molar-refractivity contribution in [3.05, 3.63) is 71.9 Å². The van der Waals surface area contributed by atoms with Crippen LogP contribution in [0.5, 0.6) is 0 Å². The average Bonchev–Trinajstić information content (AvgIpc) is 3.18. The number of rotatable bonds is 7. The number of sulfonamides is 1. The van der Waals surface area contributed by atoms with Crippen molar-refractivity contribution in [3.8, 4) is 11.3 Å². The van der Waals surface area contributed by atoms with Crippen LogP contribution >= 0.6 is 0 Å². The molecule has 0 radical (unpaired) electrons. The van der Waals surface area contributed by atoms with Crippen molar-refractivity contribution >= 4 is 10.0 Å². The van der Waals surface area contributed by atoms with E-state index < -0.39 is 58.0 Å². The summed E-state index contributed by atoms with van der Waals surface area (Å²) in [5.41, 5.74) is 0.356. The molecule has 0 saturated carbocycles. The van der Waals surface area contributed by atoms with Crippen molar-refractivity contribution < 1.29 is 34.8 Å². The zero-order chi connectivity index (χ0) is 27.8. The Morgan fingerprint density at radius 2 is 1.71 bits per heavy atom. The Morgan fingerprint density at radius 3 is 2.32 bits per heavy atom. The molecule has 0 bridgehead atoms. The van der Waals surface area contributed by atoms with E-state index in [1.165, 1.54) is 13.0 Å². The molecule has 1 unspecified atom stereocenters. The predicted octanol–water partition coefficient (Wildman–Crippen LogP) is 4.50. The van der Waals surface area contributed by atoms with Crippen molar-refractivity contribution in [1.82, 2.24) is 24.6 Å². The van der Waals surface area contributed by atoms with Crippen LogP contribution in [0.1, 0.15) is 31.7 Å². The molecule has 1 fully saturated rings. The smallest absolute Gasteiger partial charge is 0.308 e. The molecular weight excluding hydrogens is 536 g/mol. The van der Waals surface area contributed by atoms with E-state index in [0.717, 1.165) is 47.2 Å². The normalized spacial score (nSPS) is 21.5. The van der Waals surface area contributed by atoms with E-state index in [-0.39, 0.29) is 34.7 Å². The largest absolute Gasteiger partial charge is 0.451 e. The molecule has 4 atom stereocenters. The average molecular weight is 560 g/mol. The number of hydrogen-bond acceptors (Lipinski definition) is 6. The molecule has 1 aromatic carbocycles. The Bertz CT molecular complexity index is 1390. The number of hydrogen-bond donors (Lipinski definition) is 1. The topological polar surface area (TPSA) is 88.1 Å². The van der Waals surface area contributed by atoms with Gasteiger partial charge in [-0.05, 0) is 50.6 Å². The van der Waals surface area contributed by atoms with Crippen LogP contribution in [-0.4, -0.2) is 52.0 Å². The van der Waals surface area contributed by atoms with Crippen molar-refractivity contribution in [2.75, 3.05) is 0 Å². The highest BCUT2D eigenvalue weighted by molar-refractivity contribution is 7.89. The van der Waals surface area contributed by atoms with Gasteiger partial charge in [-0.3, -0.25) is 4.98 Å². The second-order valence-corrected chi connectivity index (χ2v) is 10.8. The van der Waals surface area contributed by atoms with E-state index in [0.29, 0.717) is 0 Å². The van der Waals surface area contributed by atoms with Crippen LogP contribution in [0.4, 0.5) is 26.3 Å². The first-order valence-electron chi connectivity index (χ1n) is 11.5. The molecule has 1 N–H and O–H groups in total. The maximum absolute atomic E-state index is 14.7. The molecule has 3 heterocycles. The first-order valence-corrected chi connectivity index (χ1v) is 12.9. The molecule has 1 aliphatic rings. The molecule has 204 valence electrons. The van der Waals surface area contributed by atoms with E-state index >= 15 is 0 Å². The molecule has 3 aromatic rings. The van der Waals surface area contributed by atoms with Gasteiger partial charge in [-0.1, -0.05) is 0 Å². The Morgan fingerprint density at radius 1 is 1.08 bits per heavy atom. The van der Waals surface area contributed by atoms with E-state index in [1.54, 1.807) is 6.92 Å². The lowest BCUT2D eigenvalue weighted by atomic mass is 10.1. The number of halogens is 6. The molecular formula is C24H23F6N5O2S. The fourth-order valence-electron chi connectivity index (χ4n) is 4.33. The van der Waals surface area contributed by atoms with Gasteiger partial charge in [-0.15, -0.1) is 0 Å².